The van der Waals surface area contributed by atoms with Gasteiger partial charge in [0.05, 0.1) is 0 Å². The van der Waals surface area contributed by atoms with E-state index in [0.29, 0.717) is 12.3 Å². The Morgan fingerprint density at radius 2 is 1.38 bits per heavy atom. The Morgan fingerprint density at radius 1 is 0.905 bits per heavy atom. The van der Waals surface area contributed by atoms with Crippen LogP contribution in [0.5, 0.6) is 0 Å². The van der Waals surface area contributed by atoms with Crippen LogP contribution in [0.1, 0.15) is 64.2 Å². The Bertz CT molecular complexity index is 291. The standard InChI is InChI=1S/C16H29N.C3H4O/c1-2-3-4-13-5-7-14(8-6-13)15-9-11-16(17)12-10-15;1-2-3-4/h2,13-16H,1,3-12,17H2;2-3H,1H2. The quantitative estimate of drug-likeness (QED) is 0.455. The van der Waals surface area contributed by atoms with Crippen molar-refractivity contribution in [3.8, 4) is 0 Å². The zero-order chi connectivity index (χ0) is 15.5. The van der Waals surface area contributed by atoms with Crippen molar-refractivity contribution in [1.82, 2.24) is 0 Å². The van der Waals surface area contributed by atoms with E-state index in [-0.39, 0.29) is 0 Å². The molecule has 0 saturated heterocycles. The minimum atomic E-state index is 0.509. The Labute approximate surface area is 130 Å². The van der Waals surface area contributed by atoms with Crippen LogP contribution in [0.15, 0.2) is 25.3 Å². The number of carbonyl (C=O) groups excluding carboxylic acids is 1. The van der Waals surface area contributed by atoms with Crippen molar-refractivity contribution < 1.29 is 4.79 Å². The maximum atomic E-state index is 9.06. The molecular weight excluding hydrogens is 258 g/mol. The second-order valence-electron chi connectivity index (χ2n) is 6.69. The lowest BCUT2D eigenvalue weighted by Crippen LogP contribution is -2.31. The molecule has 0 aromatic rings. The van der Waals surface area contributed by atoms with Crippen molar-refractivity contribution in [1.29, 1.82) is 0 Å². The molecule has 0 atom stereocenters. The zero-order valence-electron chi connectivity index (χ0n) is 13.5. The number of carbonyl (C=O) groups is 1. The van der Waals surface area contributed by atoms with Crippen LogP contribution >= 0.6 is 0 Å². The molecular formula is C19H33NO. The van der Waals surface area contributed by atoms with E-state index in [4.69, 9.17) is 10.5 Å². The van der Waals surface area contributed by atoms with Gasteiger partial charge in [-0.25, -0.2) is 0 Å². The van der Waals surface area contributed by atoms with Gasteiger partial charge in [-0.2, -0.15) is 0 Å². The van der Waals surface area contributed by atoms with Gasteiger partial charge >= 0.3 is 0 Å². The number of allylic oxidation sites excluding steroid dienone is 2. The normalized spacial score (nSPS) is 32.4. The average molecular weight is 291 g/mol. The molecule has 2 rings (SSSR count). The van der Waals surface area contributed by atoms with Gasteiger partial charge < -0.3 is 5.73 Å². The van der Waals surface area contributed by atoms with Crippen molar-refractivity contribution in [3.63, 3.8) is 0 Å². The molecule has 2 nitrogen and oxygen atoms in total. The van der Waals surface area contributed by atoms with Gasteiger partial charge in [0.15, 0.2) is 0 Å². The second-order valence-corrected chi connectivity index (χ2v) is 6.69. The largest absolute Gasteiger partial charge is 0.328 e. The van der Waals surface area contributed by atoms with Crippen LogP contribution in [0.4, 0.5) is 0 Å². The smallest absolute Gasteiger partial charge is 0.142 e. The molecule has 0 radical (unpaired) electrons. The minimum absolute atomic E-state index is 0.509. The summed E-state index contributed by atoms with van der Waals surface area (Å²) in [5.74, 6) is 3.03. The summed E-state index contributed by atoms with van der Waals surface area (Å²) in [4.78, 5) is 9.06. The molecule has 0 amide bonds. The van der Waals surface area contributed by atoms with Gasteiger partial charge in [-0.15, -0.1) is 6.58 Å². The van der Waals surface area contributed by atoms with Gasteiger partial charge in [0, 0.05) is 6.04 Å². The van der Waals surface area contributed by atoms with E-state index in [0.717, 1.165) is 17.8 Å². The Kier molecular flexibility index (Phi) is 9.32. The van der Waals surface area contributed by atoms with E-state index in [1.807, 2.05) is 0 Å². The SMILES string of the molecule is C=CC=O.C=CCCC1CCC(C2CCC(N)CC2)CC1. The molecule has 0 bridgehead atoms. The number of rotatable bonds is 5. The van der Waals surface area contributed by atoms with Gasteiger partial charge in [0.25, 0.3) is 0 Å². The van der Waals surface area contributed by atoms with Gasteiger partial charge in [-0.1, -0.05) is 25.5 Å². The van der Waals surface area contributed by atoms with Crippen molar-refractivity contribution in [2.45, 2.75) is 70.3 Å². The third-order valence-electron chi connectivity index (χ3n) is 5.25. The predicted octanol–water partition coefficient (Wildman–Crippen LogP) is 4.65. The third-order valence-corrected chi connectivity index (χ3v) is 5.25. The molecule has 0 unspecified atom stereocenters. The highest BCUT2D eigenvalue weighted by Gasteiger charge is 2.29. The molecule has 0 heterocycles. The van der Waals surface area contributed by atoms with E-state index < -0.39 is 0 Å². The first kappa shape index (κ1) is 18.2. The summed E-state index contributed by atoms with van der Waals surface area (Å²) in [6.07, 6.45) is 17.8. The van der Waals surface area contributed by atoms with Crippen LogP contribution in [-0.2, 0) is 4.79 Å². The molecule has 2 N–H and O–H groups in total. The monoisotopic (exact) mass is 291 g/mol. The van der Waals surface area contributed by atoms with Crippen LogP contribution in [0, 0.1) is 17.8 Å². The molecule has 2 fully saturated rings. The fourth-order valence-corrected chi connectivity index (χ4v) is 3.92. The van der Waals surface area contributed by atoms with Crippen LogP contribution in [0.3, 0.4) is 0 Å². The number of nitrogens with two attached hydrogens (primary N) is 1. The molecule has 0 aliphatic heterocycles. The molecule has 2 saturated carbocycles. The first-order chi connectivity index (χ1) is 10.2. The lowest BCUT2D eigenvalue weighted by molar-refractivity contribution is -0.104. The molecule has 2 aliphatic carbocycles. The van der Waals surface area contributed by atoms with Crippen molar-refractivity contribution in [2.75, 3.05) is 0 Å². The molecule has 0 spiro atoms. The van der Waals surface area contributed by atoms with Gasteiger partial charge in [-0.05, 0) is 75.2 Å². The molecule has 21 heavy (non-hydrogen) atoms. The predicted molar refractivity (Wildman–Crippen MR) is 91.1 cm³/mol. The van der Waals surface area contributed by atoms with Crippen LogP contribution in [-0.4, -0.2) is 12.3 Å². The van der Waals surface area contributed by atoms with Crippen molar-refractivity contribution in [2.24, 2.45) is 23.5 Å². The Balaban J connectivity index is 0.000000491. The number of hydrogen-bond acceptors (Lipinski definition) is 2. The summed E-state index contributed by atoms with van der Waals surface area (Å²) in [7, 11) is 0. The van der Waals surface area contributed by atoms with Crippen molar-refractivity contribution >= 4 is 6.29 Å². The van der Waals surface area contributed by atoms with Gasteiger partial charge in [0.1, 0.15) is 6.29 Å². The summed E-state index contributed by atoms with van der Waals surface area (Å²) in [5, 5.41) is 0. The van der Waals surface area contributed by atoms with Crippen LogP contribution < -0.4 is 5.73 Å². The van der Waals surface area contributed by atoms with E-state index in [2.05, 4.69) is 19.2 Å². The first-order valence-corrected chi connectivity index (χ1v) is 8.63. The Hall–Kier alpha value is -0.890. The number of hydrogen-bond donors (Lipinski definition) is 1. The highest BCUT2D eigenvalue weighted by molar-refractivity contribution is 5.63. The summed E-state index contributed by atoms with van der Waals surface area (Å²) >= 11 is 0. The molecule has 120 valence electrons. The number of aldehydes is 1. The summed E-state index contributed by atoms with van der Waals surface area (Å²) in [5.41, 5.74) is 5.99. The van der Waals surface area contributed by atoms with Crippen LogP contribution in [0.25, 0.3) is 0 Å². The average Bonchev–Trinajstić information content (AvgIpc) is 2.54. The Morgan fingerprint density at radius 3 is 1.81 bits per heavy atom. The fraction of sp³-hybridized carbons (Fsp3) is 0.737. The lowest BCUT2D eigenvalue weighted by atomic mass is 9.70. The topological polar surface area (TPSA) is 43.1 Å². The van der Waals surface area contributed by atoms with Crippen molar-refractivity contribution in [3.05, 3.63) is 25.3 Å². The highest BCUT2D eigenvalue weighted by atomic mass is 16.1. The summed E-state index contributed by atoms with van der Waals surface area (Å²) < 4.78 is 0. The third kappa shape index (κ3) is 7.08. The molecule has 0 aromatic heterocycles. The second kappa shape index (κ2) is 10.8. The van der Waals surface area contributed by atoms with Crippen LogP contribution in [0.2, 0.25) is 0 Å². The highest BCUT2D eigenvalue weighted by Crippen LogP contribution is 2.40. The van der Waals surface area contributed by atoms with Gasteiger partial charge in [-0.3, -0.25) is 4.79 Å². The van der Waals surface area contributed by atoms with E-state index in [1.54, 1.807) is 0 Å². The lowest BCUT2D eigenvalue weighted by Gasteiger charge is -2.37. The van der Waals surface area contributed by atoms with E-state index >= 15 is 0 Å². The molecule has 0 aromatic carbocycles. The fourth-order valence-electron chi connectivity index (χ4n) is 3.92. The minimum Gasteiger partial charge on any atom is -0.328 e. The van der Waals surface area contributed by atoms with E-state index in [1.165, 1.54) is 70.3 Å². The van der Waals surface area contributed by atoms with Gasteiger partial charge in [0.2, 0.25) is 0 Å². The van der Waals surface area contributed by atoms with E-state index in [9.17, 15) is 0 Å². The maximum absolute atomic E-state index is 9.06. The summed E-state index contributed by atoms with van der Waals surface area (Å²) in [6.45, 7) is 6.94. The summed E-state index contributed by atoms with van der Waals surface area (Å²) in [6, 6.07) is 0.509. The molecule has 2 aliphatic rings. The first-order valence-electron chi connectivity index (χ1n) is 8.63. The molecule has 2 heteroatoms. The zero-order valence-corrected chi connectivity index (χ0v) is 13.5. The maximum Gasteiger partial charge on any atom is 0.142 e.